The van der Waals surface area contributed by atoms with E-state index in [1.807, 2.05) is 30.9 Å². The van der Waals surface area contributed by atoms with Crippen molar-refractivity contribution in [1.82, 2.24) is 30.0 Å². The molecule has 0 bridgehead atoms. The lowest BCUT2D eigenvalue weighted by atomic mass is 9.97. The van der Waals surface area contributed by atoms with Gasteiger partial charge in [0.25, 0.3) is 11.8 Å². The van der Waals surface area contributed by atoms with Gasteiger partial charge in [-0.3, -0.25) is 9.69 Å². The van der Waals surface area contributed by atoms with E-state index in [4.69, 9.17) is 26.0 Å². The summed E-state index contributed by atoms with van der Waals surface area (Å²) in [6.45, 7) is 12.6. The number of piperazine rings is 1. The number of anilines is 1. The molecule has 4 heterocycles. The van der Waals surface area contributed by atoms with E-state index in [2.05, 4.69) is 33.8 Å². The molecular weight excluding hydrogens is 514 g/mol. The number of rotatable bonds is 7. The van der Waals surface area contributed by atoms with Crippen molar-refractivity contribution in [3.8, 4) is 11.6 Å². The van der Waals surface area contributed by atoms with Crippen molar-refractivity contribution in [2.24, 2.45) is 0 Å². The summed E-state index contributed by atoms with van der Waals surface area (Å²) in [5.41, 5.74) is 3.17. The average molecular weight is 552 g/mol. The van der Waals surface area contributed by atoms with Crippen LogP contribution in [0.2, 0.25) is 5.02 Å². The average Bonchev–Trinajstić information content (AvgIpc) is 3.41. The Morgan fingerprint density at radius 2 is 1.90 bits per heavy atom. The second-order valence-electron chi connectivity index (χ2n) is 10.6. The molecule has 2 fully saturated rings. The summed E-state index contributed by atoms with van der Waals surface area (Å²) < 4.78 is 5.75. The molecular formula is C29H38ClN7O2. The second-order valence-corrected chi connectivity index (χ2v) is 11.1. The van der Waals surface area contributed by atoms with Gasteiger partial charge in [0.05, 0.1) is 11.9 Å². The molecule has 0 saturated carbocycles. The number of nitrogens with zero attached hydrogens (tertiary/aromatic N) is 7. The molecule has 0 spiro atoms. The van der Waals surface area contributed by atoms with Gasteiger partial charge < -0.3 is 14.2 Å². The second kappa shape index (κ2) is 12.0. The Morgan fingerprint density at radius 3 is 2.59 bits per heavy atom. The third kappa shape index (κ3) is 5.94. The fourth-order valence-electron chi connectivity index (χ4n) is 5.90. The fourth-order valence-corrected chi connectivity index (χ4v) is 6.13. The first-order valence-electron chi connectivity index (χ1n) is 14.1. The number of aryl methyl sites for hydroxylation is 3. The van der Waals surface area contributed by atoms with E-state index in [0.29, 0.717) is 34.6 Å². The first-order chi connectivity index (χ1) is 18.9. The highest BCUT2D eigenvalue weighted by Crippen LogP contribution is 2.28. The number of hydrogen-bond acceptors (Lipinski definition) is 8. The fraction of sp³-hybridized carbons (Fsp3) is 0.552. The maximum absolute atomic E-state index is 13.1. The highest BCUT2D eigenvalue weighted by atomic mass is 35.5. The van der Waals surface area contributed by atoms with E-state index >= 15 is 0 Å². The molecule has 5 rings (SSSR count). The number of benzene rings is 1. The van der Waals surface area contributed by atoms with Crippen molar-refractivity contribution in [3.05, 3.63) is 52.1 Å². The molecule has 2 saturated heterocycles. The zero-order chi connectivity index (χ0) is 27.5. The minimum Gasteiger partial charge on any atom is -0.419 e. The third-order valence-electron chi connectivity index (χ3n) is 8.01. The molecule has 1 aromatic carbocycles. The topological polar surface area (TPSA) is 91.5 Å². The molecule has 3 aromatic rings. The molecule has 2 aromatic heterocycles. The molecule has 2 aliphatic heterocycles. The Bertz CT molecular complexity index is 1300. The lowest BCUT2D eigenvalue weighted by Gasteiger charge is -2.47. The molecule has 0 unspecified atom stereocenters. The first-order valence-corrected chi connectivity index (χ1v) is 14.5. The molecule has 39 heavy (non-hydrogen) atoms. The van der Waals surface area contributed by atoms with Crippen LogP contribution in [0, 0.1) is 13.8 Å². The van der Waals surface area contributed by atoms with Gasteiger partial charge >= 0.3 is 0 Å². The molecule has 1 atom stereocenters. The van der Waals surface area contributed by atoms with Crippen molar-refractivity contribution in [3.63, 3.8) is 0 Å². The quantitative estimate of drug-likeness (QED) is 0.407. The van der Waals surface area contributed by atoms with Gasteiger partial charge in [-0.15, -0.1) is 10.2 Å². The number of piperidine rings is 1. The number of aromatic nitrogens is 4. The smallest absolute Gasteiger partial charge is 0.267 e. The summed E-state index contributed by atoms with van der Waals surface area (Å²) in [4.78, 5) is 29.7. The Balaban J connectivity index is 1.20. The third-order valence-corrected chi connectivity index (χ3v) is 8.24. The predicted octanol–water partition coefficient (Wildman–Crippen LogP) is 4.95. The summed E-state index contributed by atoms with van der Waals surface area (Å²) in [6, 6.07) is 6.42. The predicted molar refractivity (Wildman–Crippen MR) is 152 cm³/mol. The zero-order valence-corrected chi connectivity index (χ0v) is 24.1. The van der Waals surface area contributed by atoms with Gasteiger partial charge in [0.2, 0.25) is 5.89 Å². The lowest BCUT2D eigenvalue weighted by molar-refractivity contribution is 0.0490. The van der Waals surface area contributed by atoms with Crippen molar-refractivity contribution in [1.29, 1.82) is 0 Å². The van der Waals surface area contributed by atoms with Gasteiger partial charge in [-0.2, -0.15) is 0 Å². The number of carbonyl (C=O) groups is 1. The lowest BCUT2D eigenvalue weighted by Crippen LogP contribution is -2.59. The van der Waals surface area contributed by atoms with Gasteiger partial charge in [-0.25, -0.2) is 9.97 Å². The Morgan fingerprint density at radius 1 is 1.10 bits per heavy atom. The summed E-state index contributed by atoms with van der Waals surface area (Å²) in [7, 11) is 0. The first kappa shape index (κ1) is 27.5. The van der Waals surface area contributed by atoms with Crippen LogP contribution < -0.4 is 4.90 Å². The minimum absolute atomic E-state index is 0.110. The van der Waals surface area contributed by atoms with Crippen LogP contribution in [0.5, 0.6) is 0 Å². The maximum atomic E-state index is 13.1. The van der Waals surface area contributed by atoms with Gasteiger partial charge in [0, 0.05) is 61.8 Å². The van der Waals surface area contributed by atoms with E-state index in [1.165, 1.54) is 0 Å². The van der Waals surface area contributed by atoms with Crippen LogP contribution in [0.15, 0.2) is 28.8 Å². The van der Waals surface area contributed by atoms with Gasteiger partial charge in [0.1, 0.15) is 11.5 Å². The van der Waals surface area contributed by atoms with Crippen LogP contribution >= 0.6 is 11.6 Å². The Kier molecular flexibility index (Phi) is 8.47. The van der Waals surface area contributed by atoms with Gasteiger partial charge in [0.15, 0.2) is 0 Å². The van der Waals surface area contributed by atoms with Crippen molar-refractivity contribution < 1.29 is 9.21 Å². The van der Waals surface area contributed by atoms with E-state index in [9.17, 15) is 4.79 Å². The van der Waals surface area contributed by atoms with Crippen molar-refractivity contribution >= 4 is 23.3 Å². The number of likely N-dealkylation sites (tertiary alicyclic amines) is 1. The number of halogens is 1. The zero-order valence-electron chi connectivity index (χ0n) is 23.4. The Hall–Kier alpha value is -3.04. The van der Waals surface area contributed by atoms with Crippen LogP contribution in [0.4, 0.5) is 5.82 Å². The van der Waals surface area contributed by atoms with Crippen LogP contribution in [0.25, 0.3) is 11.6 Å². The SMILES string of the molecule is CCCc1nnc(-c2cnc(N3CCN(C4CCN(C(=O)c5ccc(Cl)cc5C)CC4)[C@@H](CC)C3)c(C)n2)o1. The monoisotopic (exact) mass is 551 g/mol. The minimum atomic E-state index is 0.110. The van der Waals surface area contributed by atoms with Crippen LogP contribution in [-0.4, -0.2) is 80.7 Å². The maximum Gasteiger partial charge on any atom is 0.267 e. The van der Waals surface area contributed by atoms with Crippen LogP contribution in [-0.2, 0) is 6.42 Å². The summed E-state index contributed by atoms with van der Waals surface area (Å²) in [6.07, 6.45) is 6.51. The summed E-state index contributed by atoms with van der Waals surface area (Å²) in [5.74, 6) is 2.09. The van der Waals surface area contributed by atoms with E-state index in [1.54, 1.807) is 12.3 Å². The molecule has 10 heteroatoms. The van der Waals surface area contributed by atoms with Crippen LogP contribution in [0.3, 0.4) is 0 Å². The highest BCUT2D eigenvalue weighted by molar-refractivity contribution is 6.30. The molecule has 208 valence electrons. The van der Waals surface area contributed by atoms with E-state index in [-0.39, 0.29) is 5.91 Å². The number of amides is 1. The highest BCUT2D eigenvalue weighted by Gasteiger charge is 2.35. The number of hydrogen-bond donors (Lipinski definition) is 0. The van der Waals surface area contributed by atoms with E-state index in [0.717, 1.165) is 87.5 Å². The molecule has 0 radical (unpaired) electrons. The summed E-state index contributed by atoms with van der Waals surface area (Å²) >= 11 is 6.09. The molecule has 9 nitrogen and oxygen atoms in total. The largest absolute Gasteiger partial charge is 0.419 e. The van der Waals surface area contributed by atoms with Crippen molar-refractivity contribution in [2.75, 3.05) is 37.6 Å². The van der Waals surface area contributed by atoms with Crippen molar-refractivity contribution in [2.45, 2.75) is 71.9 Å². The van der Waals surface area contributed by atoms with Gasteiger partial charge in [-0.05, 0) is 63.3 Å². The number of carbonyl (C=O) groups excluding carboxylic acids is 1. The molecule has 2 aliphatic rings. The summed E-state index contributed by atoms with van der Waals surface area (Å²) in [5, 5.41) is 8.92. The van der Waals surface area contributed by atoms with Gasteiger partial charge in [-0.1, -0.05) is 25.4 Å². The van der Waals surface area contributed by atoms with E-state index < -0.39 is 0 Å². The Labute approximate surface area is 235 Å². The normalized spacial score (nSPS) is 19.1. The molecule has 0 aliphatic carbocycles. The molecule has 1 amide bonds. The molecule has 0 N–H and O–H groups in total. The standard InChI is InChI=1S/C29H38ClN7O2/c1-5-7-26-33-34-28(39-26)25-17-31-27(20(4)32-25)36-14-15-37(22(6-2)18-36)23-10-12-35(13-11-23)29(38)24-9-8-21(30)16-19(24)3/h8-9,16-17,22-23H,5-7,10-15,18H2,1-4H3/t22-/m0/s1. The van der Waals surface area contributed by atoms with Crippen LogP contribution in [0.1, 0.15) is 67.0 Å².